The van der Waals surface area contributed by atoms with E-state index in [2.05, 4.69) is 15.9 Å². The van der Waals surface area contributed by atoms with Crippen LogP contribution < -0.4 is 10.5 Å². The predicted molar refractivity (Wildman–Crippen MR) is 75.5 cm³/mol. The van der Waals surface area contributed by atoms with E-state index in [9.17, 15) is 5.11 Å². The Morgan fingerprint density at radius 3 is 2.78 bits per heavy atom. The molecule has 4 heteroatoms. The molecule has 0 aliphatic heterocycles. The van der Waals surface area contributed by atoms with Gasteiger partial charge in [-0.1, -0.05) is 18.9 Å². The molecule has 2 rings (SSSR count). The van der Waals surface area contributed by atoms with Gasteiger partial charge in [-0.25, -0.2) is 0 Å². The highest BCUT2D eigenvalue weighted by molar-refractivity contribution is 9.10. The van der Waals surface area contributed by atoms with Gasteiger partial charge in [0.1, 0.15) is 11.9 Å². The van der Waals surface area contributed by atoms with Crippen LogP contribution in [0.4, 0.5) is 0 Å². The maximum absolute atomic E-state index is 10.0. The van der Waals surface area contributed by atoms with Crippen LogP contribution in [0.3, 0.4) is 0 Å². The Morgan fingerprint density at radius 2 is 2.06 bits per heavy atom. The summed E-state index contributed by atoms with van der Waals surface area (Å²) in [7, 11) is 0. The standard InChI is InChI=1S/C14H20BrNO2/c15-11-8-10(9-16)6-7-13(11)18-14-5-3-1-2-4-12(14)17/h6-8,12,14,17H,1-5,9,16H2. The summed E-state index contributed by atoms with van der Waals surface area (Å²) in [6.07, 6.45) is 4.72. The topological polar surface area (TPSA) is 55.5 Å². The summed E-state index contributed by atoms with van der Waals surface area (Å²) in [5.74, 6) is 0.790. The second-order valence-corrected chi connectivity index (χ2v) is 5.68. The van der Waals surface area contributed by atoms with Crippen molar-refractivity contribution in [3.63, 3.8) is 0 Å². The summed E-state index contributed by atoms with van der Waals surface area (Å²) in [5, 5.41) is 10.0. The summed E-state index contributed by atoms with van der Waals surface area (Å²) >= 11 is 3.49. The third-order valence-corrected chi connectivity index (χ3v) is 4.05. The van der Waals surface area contributed by atoms with E-state index in [4.69, 9.17) is 10.5 Å². The number of ether oxygens (including phenoxy) is 1. The Morgan fingerprint density at radius 1 is 1.28 bits per heavy atom. The van der Waals surface area contributed by atoms with Crippen molar-refractivity contribution in [3.05, 3.63) is 28.2 Å². The molecule has 1 fully saturated rings. The molecule has 3 nitrogen and oxygen atoms in total. The first kappa shape index (κ1) is 13.8. The van der Waals surface area contributed by atoms with Crippen LogP contribution >= 0.6 is 15.9 Å². The van der Waals surface area contributed by atoms with Gasteiger partial charge in [-0.15, -0.1) is 0 Å². The van der Waals surface area contributed by atoms with E-state index in [1.165, 1.54) is 6.42 Å². The molecule has 1 aromatic rings. The summed E-state index contributed by atoms with van der Waals surface area (Å²) in [5.41, 5.74) is 6.66. The average molecular weight is 314 g/mol. The summed E-state index contributed by atoms with van der Waals surface area (Å²) < 4.78 is 6.84. The highest BCUT2D eigenvalue weighted by Gasteiger charge is 2.23. The number of rotatable bonds is 3. The lowest BCUT2D eigenvalue weighted by Gasteiger charge is -2.22. The number of hydrogen-bond donors (Lipinski definition) is 2. The zero-order chi connectivity index (χ0) is 13.0. The first-order chi connectivity index (χ1) is 8.70. The van der Waals surface area contributed by atoms with Crippen molar-refractivity contribution < 1.29 is 9.84 Å². The van der Waals surface area contributed by atoms with E-state index in [0.717, 1.165) is 41.5 Å². The van der Waals surface area contributed by atoms with E-state index in [1.807, 2.05) is 18.2 Å². The Bertz CT molecular complexity index is 397. The van der Waals surface area contributed by atoms with Crippen molar-refractivity contribution in [2.75, 3.05) is 0 Å². The van der Waals surface area contributed by atoms with Crippen LogP contribution in [-0.2, 0) is 6.54 Å². The highest BCUT2D eigenvalue weighted by atomic mass is 79.9. The molecule has 1 aliphatic carbocycles. The van der Waals surface area contributed by atoms with Gasteiger partial charge in [-0.2, -0.15) is 0 Å². The molecule has 1 saturated carbocycles. The van der Waals surface area contributed by atoms with Gasteiger partial charge < -0.3 is 15.6 Å². The maximum atomic E-state index is 10.0. The van der Waals surface area contributed by atoms with Crippen LogP contribution in [0.2, 0.25) is 0 Å². The summed E-state index contributed by atoms with van der Waals surface area (Å²) in [4.78, 5) is 0. The number of halogens is 1. The fraction of sp³-hybridized carbons (Fsp3) is 0.571. The molecular formula is C14H20BrNO2. The lowest BCUT2D eigenvalue weighted by Crippen LogP contribution is -2.30. The van der Waals surface area contributed by atoms with E-state index in [1.54, 1.807) is 0 Å². The molecule has 100 valence electrons. The van der Waals surface area contributed by atoms with Crippen molar-refractivity contribution in [2.45, 2.75) is 50.9 Å². The number of nitrogens with two attached hydrogens (primary N) is 1. The molecule has 1 aromatic carbocycles. The molecule has 0 radical (unpaired) electrons. The Labute approximate surface area is 116 Å². The minimum absolute atomic E-state index is 0.0903. The van der Waals surface area contributed by atoms with Crippen molar-refractivity contribution in [2.24, 2.45) is 5.73 Å². The molecule has 0 saturated heterocycles. The smallest absolute Gasteiger partial charge is 0.134 e. The van der Waals surface area contributed by atoms with Crippen LogP contribution in [0, 0.1) is 0 Å². The SMILES string of the molecule is NCc1ccc(OC2CCCCCC2O)c(Br)c1. The lowest BCUT2D eigenvalue weighted by atomic mass is 10.1. The number of benzene rings is 1. The van der Waals surface area contributed by atoms with Gasteiger partial charge >= 0.3 is 0 Å². The van der Waals surface area contributed by atoms with E-state index in [0.29, 0.717) is 6.54 Å². The first-order valence-corrected chi connectivity index (χ1v) is 7.33. The third kappa shape index (κ3) is 3.46. The molecule has 0 aromatic heterocycles. The zero-order valence-electron chi connectivity index (χ0n) is 10.4. The minimum atomic E-state index is -0.353. The van der Waals surface area contributed by atoms with E-state index in [-0.39, 0.29) is 12.2 Å². The van der Waals surface area contributed by atoms with Crippen LogP contribution in [0.15, 0.2) is 22.7 Å². The lowest BCUT2D eigenvalue weighted by molar-refractivity contribution is 0.0315. The van der Waals surface area contributed by atoms with Gasteiger partial charge in [0.2, 0.25) is 0 Å². The minimum Gasteiger partial charge on any atom is -0.487 e. The first-order valence-electron chi connectivity index (χ1n) is 6.54. The largest absolute Gasteiger partial charge is 0.487 e. The molecule has 18 heavy (non-hydrogen) atoms. The highest BCUT2D eigenvalue weighted by Crippen LogP contribution is 2.30. The number of aliphatic hydroxyl groups excluding tert-OH is 1. The van der Waals surface area contributed by atoms with Gasteiger partial charge in [-0.05, 0) is 52.9 Å². The van der Waals surface area contributed by atoms with E-state index >= 15 is 0 Å². The summed E-state index contributed by atoms with van der Waals surface area (Å²) in [6.45, 7) is 0.519. The van der Waals surface area contributed by atoms with Crippen LogP contribution in [0.1, 0.15) is 37.7 Å². The molecule has 2 unspecified atom stereocenters. The Kier molecular flexibility index (Phi) is 5.03. The van der Waals surface area contributed by atoms with Crippen molar-refractivity contribution in [3.8, 4) is 5.75 Å². The molecule has 0 heterocycles. The Hall–Kier alpha value is -0.580. The van der Waals surface area contributed by atoms with Gasteiger partial charge in [-0.3, -0.25) is 0 Å². The third-order valence-electron chi connectivity index (χ3n) is 3.43. The molecule has 0 bridgehead atoms. The maximum Gasteiger partial charge on any atom is 0.134 e. The molecule has 2 atom stereocenters. The second kappa shape index (κ2) is 6.55. The zero-order valence-corrected chi connectivity index (χ0v) is 12.0. The monoisotopic (exact) mass is 313 g/mol. The van der Waals surface area contributed by atoms with Crippen LogP contribution in [0.5, 0.6) is 5.75 Å². The van der Waals surface area contributed by atoms with Crippen molar-refractivity contribution in [1.82, 2.24) is 0 Å². The molecule has 0 amide bonds. The van der Waals surface area contributed by atoms with Gasteiger partial charge in [0.25, 0.3) is 0 Å². The molecular weight excluding hydrogens is 294 g/mol. The van der Waals surface area contributed by atoms with Gasteiger partial charge in [0.15, 0.2) is 0 Å². The number of hydrogen-bond acceptors (Lipinski definition) is 3. The molecule has 1 aliphatic rings. The van der Waals surface area contributed by atoms with E-state index < -0.39 is 0 Å². The van der Waals surface area contributed by atoms with Crippen molar-refractivity contribution >= 4 is 15.9 Å². The average Bonchev–Trinajstić information content (AvgIpc) is 2.57. The van der Waals surface area contributed by atoms with Crippen LogP contribution in [-0.4, -0.2) is 17.3 Å². The fourth-order valence-electron chi connectivity index (χ4n) is 2.32. The summed E-state index contributed by atoms with van der Waals surface area (Å²) in [6, 6.07) is 5.85. The predicted octanol–water partition coefficient (Wildman–Crippen LogP) is 2.98. The molecule has 3 N–H and O–H groups in total. The number of aliphatic hydroxyl groups is 1. The van der Waals surface area contributed by atoms with Crippen LogP contribution in [0.25, 0.3) is 0 Å². The molecule has 0 spiro atoms. The van der Waals surface area contributed by atoms with Gasteiger partial charge in [0.05, 0.1) is 10.6 Å². The van der Waals surface area contributed by atoms with Gasteiger partial charge in [0, 0.05) is 6.54 Å². The quantitative estimate of drug-likeness (QED) is 0.843. The Balaban J connectivity index is 2.07. The van der Waals surface area contributed by atoms with Crippen molar-refractivity contribution in [1.29, 1.82) is 0 Å². The normalized spacial score (nSPS) is 24.6. The fourth-order valence-corrected chi connectivity index (χ4v) is 2.84. The second-order valence-electron chi connectivity index (χ2n) is 4.83.